The Labute approximate surface area is 159 Å². The zero-order chi connectivity index (χ0) is 18.5. The topological polar surface area (TPSA) is 42.8 Å². The summed E-state index contributed by atoms with van der Waals surface area (Å²) in [6.45, 7) is 13.5. The first-order valence-corrected chi connectivity index (χ1v) is 10.3. The molecule has 3 rings (SSSR count). The zero-order valence-electron chi connectivity index (χ0n) is 16.8. The molecular weight excluding hydrogens is 324 g/mol. The van der Waals surface area contributed by atoms with Crippen molar-refractivity contribution in [3.8, 4) is 0 Å². The van der Waals surface area contributed by atoms with Gasteiger partial charge in [0.15, 0.2) is 0 Å². The van der Waals surface area contributed by atoms with E-state index in [0.717, 1.165) is 44.0 Å². The van der Waals surface area contributed by atoms with E-state index in [-0.39, 0.29) is 6.61 Å². The fourth-order valence-electron chi connectivity index (χ4n) is 4.61. The Balaban J connectivity index is 1.58. The van der Waals surface area contributed by atoms with Crippen LogP contribution in [0, 0.1) is 6.92 Å². The average molecular weight is 361 g/mol. The molecule has 5 nitrogen and oxygen atoms in total. The maximum absolute atomic E-state index is 9.60. The van der Waals surface area contributed by atoms with Crippen molar-refractivity contribution < 1.29 is 5.11 Å². The van der Waals surface area contributed by atoms with Gasteiger partial charge in [-0.2, -0.15) is 0 Å². The number of rotatable bonds is 6. The van der Waals surface area contributed by atoms with E-state index >= 15 is 0 Å². The quantitative estimate of drug-likeness (QED) is 0.842. The lowest BCUT2D eigenvalue weighted by molar-refractivity contribution is -0.000344. The van der Waals surface area contributed by atoms with Crippen LogP contribution in [0.2, 0.25) is 0 Å². The molecule has 0 spiro atoms. The highest BCUT2D eigenvalue weighted by molar-refractivity contribution is 5.10. The Bertz CT molecular complexity index is 557. The number of aliphatic hydroxyl groups excluding tert-OH is 1. The summed E-state index contributed by atoms with van der Waals surface area (Å²) < 4.78 is 0. The highest BCUT2D eigenvalue weighted by atomic mass is 16.3. The Morgan fingerprint density at radius 2 is 1.92 bits per heavy atom. The summed E-state index contributed by atoms with van der Waals surface area (Å²) in [6.07, 6.45) is 3.40. The van der Waals surface area contributed by atoms with Gasteiger partial charge in [0.1, 0.15) is 0 Å². The predicted octanol–water partition coefficient (Wildman–Crippen LogP) is 2.13. The van der Waals surface area contributed by atoms with Crippen molar-refractivity contribution in [3.05, 3.63) is 29.6 Å². The van der Waals surface area contributed by atoms with Gasteiger partial charge in [-0.1, -0.05) is 6.07 Å². The molecule has 0 unspecified atom stereocenters. The molecule has 3 heterocycles. The number of hydrogen-bond donors (Lipinski definition) is 1. The molecule has 2 saturated heterocycles. The maximum Gasteiger partial charge on any atom is 0.0547 e. The van der Waals surface area contributed by atoms with E-state index in [9.17, 15) is 5.11 Å². The van der Waals surface area contributed by atoms with Crippen LogP contribution in [0.3, 0.4) is 0 Å². The number of aliphatic hydroxyl groups is 1. The molecule has 2 aliphatic heterocycles. The van der Waals surface area contributed by atoms with Crippen LogP contribution < -0.4 is 0 Å². The van der Waals surface area contributed by atoms with E-state index in [4.69, 9.17) is 0 Å². The largest absolute Gasteiger partial charge is 0.396 e. The van der Waals surface area contributed by atoms with Crippen molar-refractivity contribution in [3.63, 3.8) is 0 Å². The Kier molecular flexibility index (Phi) is 7.04. The molecule has 146 valence electrons. The van der Waals surface area contributed by atoms with Crippen LogP contribution in [-0.2, 0) is 6.54 Å². The molecule has 26 heavy (non-hydrogen) atoms. The number of aryl methyl sites for hydroxylation is 1. The summed E-state index contributed by atoms with van der Waals surface area (Å²) in [5, 5.41) is 9.60. The van der Waals surface area contributed by atoms with Crippen LogP contribution in [0.25, 0.3) is 0 Å². The molecule has 1 aromatic rings. The number of pyridine rings is 1. The van der Waals surface area contributed by atoms with E-state index in [2.05, 4.69) is 58.7 Å². The van der Waals surface area contributed by atoms with E-state index in [1.165, 1.54) is 25.9 Å². The fraction of sp³-hybridized carbons (Fsp3) is 0.762. The number of piperazine rings is 1. The Hall–Kier alpha value is -1.01. The van der Waals surface area contributed by atoms with E-state index in [0.29, 0.717) is 18.1 Å². The fourth-order valence-corrected chi connectivity index (χ4v) is 4.61. The molecule has 1 N–H and O–H groups in total. The van der Waals surface area contributed by atoms with Gasteiger partial charge in [0.2, 0.25) is 0 Å². The Morgan fingerprint density at radius 1 is 1.15 bits per heavy atom. The molecule has 0 aliphatic carbocycles. The smallest absolute Gasteiger partial charge is 0.0547 e. The molecule has 0 radical (unpaired) electrons. The minimum absolute atomic E-state index is 0.280. The van der Waals surface area contributed by atoms with Crippen LogP contribution in [0.5, 0.6) is 0 Å². The van der Waals surface area contributed by atoms with Crippen molar-refractivity contribution in [2.45, 2.75) is 64.7 Å². The van der Waals surface area contributed by atoms with Crippen LogP contribution in [0.15, 0.2) is 18.2 Å². The molecule has 5 heteroatoms. The third kappa shape index (κ3) is 5.03. The molecule has 0 saturated carbocycles. The molecule has 0 bridgehead atoms. The summed E-state index contributed by atoms with van der Waals surface area (Å²) in [6, 6.07) is 8.08. The standard InChI is InChI=1S/C21H36N4O/c1-17(2)24-10-7-20(8-11-24)25-13-12-23(16-21(25)9-14-26)15-19-6-4-5-18(3)22-19/h4-6,17,20-21,26H,7-16H2,1-3H3/t21-/m0/s1. The maximum atomic E-state index is 9.60. The van der Waals surface area contributed by atoms with Crippen LogP contribution >= 0.6 is 0 Å². The van der Waals surface area contributed by atoms with Gasteiger partial charge in [-0.15, -0.1) is 0 Å². The monoisotopic (exact) mass is 360 g/mol. The third-order valence-electron chi connectivity index (χ3n) is 6.10. The molecule has 0 aromatic carbocycles. The summed E-state index contributed by atoms with van der Waals surface area (Å²) in [5.74, 6) is 0. The second-order valence-corrected chi connectivity index (χ2v) is 8.27. The molecule has 2 aliphatic rings. The number of piperidine rings is 1. The van der Waals surface area contributed by atoms with Gasteiger partial charge in [0.05, 0.1) is 5.69 Å². The first-order chi connectivity index (χ1) is 12.6. The summed E-state index contributed by atoms with van der Waals surface area (Å²) >= 11 is 0. The summed E-state index contributed by atoms with van der Waals surface area (Å²) in [5.41, 5.74) is 2.25. The minimum atomic E-state index is 0.280. The number of hydrogen-bond acceptors (Lipinski definition) is 5. The van der Waals surface area contributed by atoms with Crippen molar-refractivity contribution in [1.82, 2.24) is 19.7 Å². The molecule has 1 atom stereocenters. The van der Waals surface area contributed by atoms with Crippen LogP contribution in [0.1, 0.15) is 44.5 Å². The molecule has 0 amide bonds. The Morgan fingerprint density at radius 3 is 2.58 bits per heavy atom. The van der Waals surface area contributed by atoms with Crippen LogP contribution in [0.4, 0.5) is 0 Å². The molecule has 1 aromatic heterocycles. The summed E-state index contributed by atoms with van der Waals surface area (Å²) in [4.78, 5) is 12.5. The van der Waals surface area contributed by atoms with Gasteiger partial charge in [0.25, 0.3) is 0 Å². The SMILES string of the molecule is Cc1cccc(CN2CCN(C3CCN(C(C)C)CC3)[C@@H](CCO)C2)n1. The number of aromatic nitrogens is 1. The highest BCUT2D eigenvalue weighted by Crippen LogP contribution is 2.24. The van der Waals surface area contributed by atoms with Gasteiger partial charge in [-0.3, -0.25) is 14.8 Å². The lowest BCUT2D eigenvalue weighted by Crippen LogP contribution is -2.58. The van der Waals surface area contributed by atoms with Gasteiger partial charge >= 0.3 is 0 Å². The first-order valence-electron chi connectivity index (χ1n) is 10.3. The second-order valence-electron chi connectivity index (χ2n) is 8.27. The molecular formula is C21H36N4O. The van der Waals surface area contributed by atoms with Crippen molar-refractivity contribution >= 4 is 0 Å². The van der Waals surface area contributed by atoms with Crippen molar-refractivity contribution in [2.75, 3.05) is 39.3 Å². The highest BCUT2D eigenvalue weighted by Gasteiger charge is 2.33. The van der Waals surface area contributed by atoms with E-state index < -0.39 is 0 Å². The third-order valence-corrected chi connectivity index (χ3v) is 6.10. The molecule has 2 fully saturated rings. The normalized spacial score (nSPS) is 24.4. The minimum Gasteiger partial charge on any atom is -0.396 e. The second kappa shape index (κ2) is 9.27. The van der Waals surface area contributed by atoms with Gasteiger partial charge in [-0.25, -0.2) is 0 Å². The average Bonchev–Trinajstić information content (AvgIpc) is 2.62. The zero-order valence-corrected chi connectivity index (χ0v) is 16.8. The number of nitrogens with zero attached hydrogens (tertiary/aromatic N) is 4. The first kappa shape index (κ1) is 19.7. The predicted molar refractivity (Wildman–Crippen MR) is 106 cm³/mol. The van der Waals surface area contributed by atoms with E-state index in [1.807, 2.05) is 0 Å². The van der Waals surface area contributed by atoms with Crippen LogP contribution in [-0.4, -0.2) is 82.2 Å². The van der Waals surface area contributed by atoms with Crippen molar-refractivity contribution in [2.24, 2.45) is 0 Å². The van der Waals surface area contributed by atoms with Gasteiger partial charge in [0, 0.05) is 56.6 Å². The van der Waals surface area contributed by atoms with Crippen molar-refractivity contribution in [1.29, 1.82) is 0 Å². The van der Waals surface area contributed by atoms with Gasteiger partial charge in [-0.05, 0) is 65.3 Å². The van der Waals surface area contributed by atoms with E-state index in [1.54, 1.807) is 0 Å². The summed E-state index contributed by atoms with van der Waals surface area (Å²) in [7, 11) is 0. The lowest BCUT2D eigenvalue weighted by Gasteiger charge is -2.48. The number of likely N-dealkylation sites (tertiary alicyclic amines) is 1. The van der Waals surface area contributed by atoms with Gasteiger partial charge < -0.3 is 10.0 Å². The lowest BCUT2D eigenvalue weighted by atomic mass is 9.97.